The van der Waals surface area contributed by atoms with Gasteiger partial charge in [-0.05, 0) is 18.4 Å². The molecule has 0 unspecified atom stereocenters. The van der Waals surface area contributed by atoms with E-state index in [4.69, 9.17) is 4.52 Å². The second-order valence-corrected chi connectivity index (χ2v) is 5.83. The van der Waals surface area contributed by atoms with Crippen LogP contribution in [0.5, 0.6) is 0 Å². The van der Waals surface area contributed by atoms with Crippen LogP contribution in [-0.4, -0.2) is 52.9 Å². The van der Waals surface area contributed by atoms with Gasteiger partial charge in [0, 0.05) is 32.2 Å². The highest BCUT2D eigenvalue weighted by atomic mass is 32.1. The fraction of sp³-hybridized carbons (Fsp3) is 0.357. The standard InChI is InChI=1S/C14H15N3O3S/c1-10-9-11(15-20-10)13(18)16-4-6-17(7-5-16)14(19)12-3-2-8-21-12/h2-3,8-9H,4-7H2,1H3. The Labute approximate surface area is 125 Å². The Bertz CT molecular complexity index is 642. The van der Waals surface area contributed by atoms with Crippen LogP contribution >= 0.6 is 11.3 Å². The molecule has 1 aliphatic heterocycles. The average molecular weight is 305 g/mol. The first-order valence-electron chi connectivity index (χ1n) is 6.70. The van der Waals surface area contributed by atoms with Crippen molar-refractivity contribution >= 4 is 23.2 Å². The van der Waals surface area contributed by atoms with Crippen LogP contribution in [0.3, 0.4) is 0 Å². The van der Waals surface area contributed by atoms with Gasteiger partial charge in [0.05, 0.1) is 4.88 Å². The second kappa shape index (κ2) is 5.69. The highest BCUT2D eigenvalue weighted by Crippen LogP contribution is 2.15. The Morgan fingerprint density at radius 3 is 2.38 bits per heavy atom. The van der Waals surface area contributed by atoms with Crippen molar-refractivity contribution in [3.63, 3.8) is 0 Å². The number of carbonyl (C=O) groups excluding carboxylic acids is 2. The highest BCUT2D eigenvalue weighted by molar-refractivity contribution is 7.12. The van der Waals surface area contributed by atoms with Crippen molar-refractivity contribution in [3.05, 3.63) is 39.9 Å². The molecule has 3 heterocycles. The smallest absolute Gasteiger partial charge is 0.276 e. The highest BCUT2D eigenvalue weighted by Gasteiger charge is 2.27. The number of hydrogen-bond acceptors (Lipinski definition) is 5. The van der Waals surface area contributed by atoms with E-state index in [-0.39, 0.29) is 11.8 Å². The van der Waals surface area contributed by atoms with E-state index in [1.54, 1.807) is 22.8 Å². The summed E-state index contributed by atoms with van der Waals surface area (Å²) in [5.74, 6) is 0.509. The number of aromatic nitrogens is 1. The van der Waals surface area contributed by atoms with E-state index in [1.807, 2.05) is 17.5 Å². The van der Waals surface area contributed by atoms with Crippen molar-refractivity contribution in [2.45, 2.75) is 6.92 Å². The van der Waals surface area contributed by atoms with Gasteiger partial charge in [-0.25, -0.2) is 0 Å². The summed E-state index contributed by atoms with van der Waals surface area (Å²) >= 11 is 1.44. The molecule has 2 aromatic rings. The third kappa shape index (κ3) is 2.82. The lowest BCUT2D eigenvalue weighted by atomic mass is 10.2. The Kier molecular flexibility index (Phi) is 3.74. The van der Waals surface area contributed by atoms with Crippen LogP contribution < -0.4 is 0 Å². The number of piperazine rings is 1. The Balaban J connectivity index is 1.60. The Morgan fingerprint density at radius 2 is 1.86 bits per heavy atom. The van der Waals surface area contributed by atoms with Gasteiger partial charge < -0.3 is 14.3 Å². The van der Waals surface area contributed by atoms with Crippen molar-refractivity contribution in [3.8, 4) is 0 Å². The molecular formula is C14H15N3O3S. The van der Waals surface area contributed by atoms with Crippen molar-refractivity contribution in [2.24, 2.45) is 0 Å². The number of carbonyl (C=O) groups is 2. The summed E-state index contributed by atoms with van der Waals surface area (Å²) in [5, 5.41) is 5.63. The van der Waals surface area contributed by atoms with Gasteiger partial charge in [-0.15, -0.1) is 11.3 Å². The van der Waals surface area contributed by atoms with Crippen LogP contribution in [0.4, 0.5) is 0 Å². The molecule has 0 N–H and O–H groups in total. The largest absolute Gasteiger partial charge is 0.361 e. The molecule has 0 spiro atoms. The topological polar surface area (TPSA) is 66.7 Å². The lowest BCUT2D eigenvalue weighted by Crippen LogP contribution is -2.50. The zero-order valence-electron chi connectivity index (χ0n) is 11.6. The van der Waals surface area contributed by atoms with Gasteiger partial charge in [-0.2, -0.15) is 0 Å². The van der Waals surface area contributed by atoms with Gasteiger partial charge in [0.2, 0.25) is 0 Å². The second-order valence-electron chi connectivity index (χ2n) is 4.88. The summed E-state index contributed by atoms with van der Waals surface area (Å²) < 4.78 is 4.92. The first-order chi connectivity index (χ1) is 10.1. The molecule has 110 valence electrons. The molecule has 0 aliphatic carbocycles. The molecule has 6 nitrogen and oxygen atoms in total. The number of amides is 2. The number of aryl methyl sites for hydroxylation is 1. The molecule has 1 fully saturated rings. The monoisotopic (exact) mass is 305 g/mol. The van der Waals surface area contributed by atoms with Crippen LogP contribution in [0.15, 0.2) is 28.1 Å². The first kappa shape index (κ1) is 13.8. The summed E-state index contributed by atoms with van der Waals surface area (Å²) in [6.07, 6.45) is 0. The molecule has 7 heteroatoms. The average Bonchev–Trinajstić information content (AvgIpc) is 3.17. The van der Waals surface area contributed by atoms with Gasteiger partial charge in [-0.1, -0.05) is 11.2 Å². The molecule has 21 heavy (non-hydrogen) atoms. The van der Waals surface area contributed by atoms with Crippen LogP contribution in [0.2, 0.25) is 0 Å². The third-order valence-electron chi connectivity index (χ3n) is 3.43. The minimum Gasteiger partial charge on any atom is -0.361 e. The van der Waals surface area contributed by atoms with E-state index in [9.17, 15) is 9.59 Å². The summed E-state index contributed by atoms with van der Waals surface area (Å²) in [6.45, 7) is 3.86. The van der Waals surface area contributed by atoms with Gasteiger partial charge in [0.1, 0.15) is 5.76 Å². The maximum absolute atomic E-state index is 12.2. The molecule has 1 aliphatic rings. The van der Waals surface area contributed by atoms with Crippen LogP contribution in [0.25, 0.3) is 0 Å². The molecular weight excluding hydrogens is 290 g/mol. The van der Waals surface area contributed by atoms with E-state index in [0.29, 0.717) is 37.6 Å². The van der Waals surface area contributed by atoms with Gasteiger partial charge >= 0.3 is 0 Å². The van der Waals surface area contributed by atoms with E-state index in [0.717, 1.165) is 4.88 Å². The first-order valence-corrected chi connectivity index (χ1v) is 7.58. The molecule has 2 aromatic heterocycles. The predicted octanol–water partition coefficient (Wildman–Crippen LogP) is 1.64. The van der Waals surface area contributed by atoms with Crippen molar-refractivity contribution < 1.29 is 14.1 Å². The zero-order chi connectivity index (χ0) is 14.8. The van der Waals surface area contributed by atoms with Crippen LogP contribution in [-0.2, 0) is 0 Å². The molecule has 1 saturated heterocycles. The number of rotatable bonds is 2. The molecule has 0 saturated carbocycles. The minimum absolute atomic E-state index is 0.0365. The maximum atomic E-state index is 12.2. The Hall–Kier alpha value is -2.15. The Morgan fingerprint density at radius 1 is 1.19 bits per heavy atom. The lowest BCUT2D eigenvalue weighted by Gasteiger charge is -2.34. The number of thiophene rings is 1. The fourth-order valence-electron chi connectivity index (χ4n) is 2.30. The molecule has 2 amide bonds. The normalized spacial score (nSPS) is 15.3. The van der Waals surface area contributed by atoms with Crippen LogP contribution in [0.1, 0.15) is 25.9 Å². The molecule has 3 rings (SSSR count). The van der Waals surface area contributed by atoms with Gasteiger partial charge in [0.15, 0.2) is 5.69 Å². The summed E-state index contributed by atoms with van der Waals surface area (Å²) in [5.41, 5.74) is 0.325. The van der Waals surface area contributed by atoms with E-state index < -0.39 is 0 Å². The summed E-state index contributed by atoms with van der Waals surface area (Å²) in [4.78, 5) is 28.7. The summed E-state index contributed by atoms with van der Waals surface area (Å²) in [6, 6.07) is 5.32. The van der Waals surface area contributed by atoms with E-state index in [1.165, 1.54) is 11.3 Å². The molecule has 0 bridgehead atoms. The molecule has 0 atom stereocenters. The van der Waals surface area contributed by atoms with Gasteiger partial charge in [-0.3, -0.25) is 9.59 Å². The van der Waals surface area contributed by atoms with Crippen molar-refractivity contribution in [1.29, 1.82) is 0 Å². The van der Waals surface area contributed by atoms with E-state index in [2.05, 4.69) is 5.16 Å². The quantitative estimate of drug-likeness (QED) is 0.846. The van der Waals surface area contributed by atoms with Crippen molar-refractivity contribution in [2.75, 3.05) is 26.2 Å². The number of hydrogen-bond donors (Lipinski definition) is 0. The maximum Gasteiger partial charge on any atom is 0.276 e. The zero-order valence-corrected chi connectivity index (χ0v) is 12.4. The lowest BCUT2D eigenvalue weighted by molar-refractivity contribution is 0.0532. The van der Waals surface area contributed by atoms with E-state index >= 15 is 0 Å². The number of nitrogens with zero attached hydrogens (tertiary/aromatic N) is 3. The van der Waals surface area contributed by atoms with Crippen LogP contribution in [0, 0.1) is 6.92 Å². The van der Waals surface area contributed by atoms with Crippen molar-refractivity contribution in [1.82, 2.24) is 15.0 Å². The van der Waals surface area contributed by atoms with Gasteiger partial charge in [0.25, 0.3) is 11.8 Å². The SMILES string of the molecule is Cc1cc(C(=O)N2CCN(C(=O)c3cccs3)CC2)no1. The minimum atomic E-state index is -0.143. The third-order valence-corrected chi connectivity index (χ3v) is 4.29. The fourth-order valence-corrected chi connectivity index (χ4v) is 2.99. The molecule has 0 radical (unpaired) electrons. The predicted molar refractivity (Wildman–Crippen MR) is 77.4 cm³/mol. The summed E-state index contributed by atoms with van der Waals surface area (Å²) in [7, 11) is 0. The molecule has 0 aromatic carbocycles.